The highest BCUT2D eigenvalue weighted by Gasteiger charge is 2.32. The first-order chi connectivity index (χ1) is 15.7. The second kappa shape index (κ2) is 8.89. The maximum atomic E-state index is 13.8. The van der Waals surface area contributed by atoms with Crippen LogP contribution in [0.15, 0.2) is 115 Å². The van der Waals surface area contributed by atoms with Crippen molar-refractivity contribution in [2.75, 3.05) is 4.90 Å². The number of hydrogen-bond donors (Lipinski definition) is 0. The van der Waals surface area contributed by atoms with E-state index in [1.54, 1.807) is 11.8 Å². The van der Waals surface area contributed by atoms with E-state index in [0.717, 1.165) is 33.5 Å². The number of carbonyl (C=O) groups is 1. The molecule has 1 atom stereocenters. The van der Waals surface area contributed by atoms with Crippen LogP contribution in [0.3, 0.4) is 0 Å². The molecule has 0 spiro atoms. The SMILES string of the molecule is C=Cc1ccc(CN2C(=O)c3ccccc3C(Sc3ccccc3)c3ccccc32)cc1. The molecule has 5 rings (SSSR count). The Balaban J connectivity index is 1.63. The number of para-hydroxylation sites is 1. The summed E-state index contributed by atoms with van der Waals surface area (Å²) in [6.45, 7) is 4.35. The second-order valence-electron chi connectivity index (χ2n) is 7.79. The number of rotatable bonds is 5. The van der Waals surface area contributed by atoms with Crippen molar-refractivity contribution in [2.45, 2.75) is 16.7 Å². The average molecular weight is 434 g/mol. The smallest absolute Gasteiger partial charge is 0.258 e. The molecular formula is C29H23NOS. The normalized spacial score (nSPS) is 14.9. The van der Waals surface area contributed by atoms with Gasteiger partial charge in [-0.3, -0.25) is 4.79 Å². The van der Waals surface area contributed by atoms with Gasteiger partial charge in [-0.05, 0) is 46.5 Å². The van der Waals surface area contributed by atoms with Gasteiger partial charge in [-0.25, -0.2) is 0 Å². The minimum absolute atomic E-state index is 0.0295. The van der Waals surface area contributed by atoms with Crippen LogP contribution in [0.25, 0.3) is 6.08 Å². The molecule has 0 saturated heterocycles. The number of nitrogens with zero attached hydrogens (tertiary/aromatic N) is 1. The monoisotopic (exact) mass is 433 g/mol. The molecule has 4 aromatic rings. The fraction of sp³-hybridized carbons (Fsp3) is 0.0690. The summed E-state index contributed by atoms with van der Waals surface area (Å²) in [5, 5.41) is 0.0295. The first kappa shape index (κ1) is 20.3. The number of amides is 1. The van der Waals surface area contributed by atoms with E-state index in [1.807, 2.05) is 53.4 Å². The molecule has 1 aliphatic rings. The van der Waals surface area contributed by atoms with Crippen LogP contribution in [-0.2, 0) is 6.54 Å². The quantitative estimate of drug-likeness (QED) is 0.327. The van der Waals surface area contributed by atoms with E-state index in [2.05, 4.69) is 67.2 Å². The van der Waals surface area contributed by atoms with E-state index in [0.29, 0.717) is 6.54 Å². The minimum atomic E-state index is 0.0295. The highest BCUT2D eigenvalue weighted by atomic mass is 32.2. The Morgan fingerprint density at radius 3 is 2.19 bits per heavy atom. The summed E-state index contributed by atoms with van der Waals surface area (Å²) < 4.78 is 0. The van der Waals surface area contributed by atoms with Crippen molar-refractivity contribution in [1.29, 1.82) is 0 Å². The fourth-order valence-electron chi connectivity index (χ4n) is 4.16. The number of hydrogen-bond acceptors (Lipinski definition) is 2. The van der Waals surface area contributed by atoms with Crippen molar-refractivity contribution in [3.05, 3.63) is 138 Å². The van der Waals surface area contributed by atoms with Gasteiger partial charge in [0, 0.05) is 16.1 Å². The summed E-state index contributed by atoms with van der Waals surface area (Å²) in [4.78, 5) is 16.9. The van der Waals surface area contributed by atoms with Gasteiger partial charge >= 0.3 is 0 Å². The first-order valence-electron chi connectivity index (χ1n) is 10.7. The van der Waals surface area contributed by atoms with Gasteiger partial charge in [0.25, 0.3) is 5.91 Å². The lowest BCUT2D eigenvalue weighted by Crippen LogP contribution is -2.30. The van der Waals surface area contributed by atoms with E-state index in [9.17, 15) is 4.79 Å². The van der Waals surface area contributed by atoms with Crippen LogP contribution >= 0.6 is 11.8 Å². The Bertz CT molecular complexity index is 1260. The molecule has 0 radical (unpaired) electrons. The zero-order chi connectivity index (χ0) is 21.9. The fourth-order valence-corrected chi connectivity index (χ4v) is 5.40. The largest absolute Gasteiger partial charge is 0.304 e. The van der Waals surface area contributed by atoms with Gasteiger partial charge in [-0.2, -0.15) is 0 Å². The third-order valence-corrected chi connectivity index (χ3v) is 7.07. The van der Waals surface area contributed by atoms with Crippen LogP contribution in [0, 0.1) is 0 Å². The van der Waals surface area contributed by atoms with Crippen LogP contribution < -0.4 is 4.90 Å². The van der Waals surface area contributed by atoms with Crippen LogP contribution in [-0.4, -0.2) is 5.91 Å². The van der Waals surface area contributed by atoms with E-state index in [-0.39, 0.29) is 11.2 Å². The molecular weight excluding hydrogens is 410 g/mol. The molecule has 1 unspecified atom stereocenters. The molecule has 2 nitrogen and oxygen atoms in total. The van der Waals surface area contributed by atoms with Crippen molar-refractivity contribution in [2.24, 2.45) is 0 Å². The van der Waals surface area contributed by atoms with Gasteiger partial charge in [0.05, 0.1) is 11.8 Å². The van der Waals surface area contributed by atoms with Crippen LogP contribution in [0.4, 0.5) is 5.69 Å². The number of carbonyl (C=O) groups excluding carboxylic acids is 1. The molecule has 0 saturated carbocycles. The third-order valence-electron chi connectivity index (χ3n) is 5.78. The van der Waals surface area contributed by atoms with E-state index in [1.165, 1.54) is 4.90 Å². The lowest BCUT2D eigenvalue weighted by Gasteiger charge is -2.24. The summed E-state index contributed by atoms with van der Waals surface area (Å²) in [7, 11) is 0. The lowest BCUT2D eigenvalue weighted by molar-refractivity contribution is 0.0985. The summed E-state index contributed by atoms with van der Waals surface area (Å²) >= 11 is 1.79. The summed E-state index contributed by atoms with van der Waals surface area (Å²) in [6.07, 6.45) is 1.83. The molecule has 0 N–H and O–H groups in total. The van der Waals surface area contributed by atoms with Gasteiger partial charge in [0.1, 0.15) is 0 Å². The van der Waals surface area contributed by atoms with Crippen LogP contribution in [0.5, 0.6) is 0 Å². The molecule has 156 valence electrons. The minimum Gasteiger partial charge on any atom is -0.304 e. The van der Waals surface area contributed by atoms with Crippen molar-refractivity contribution in [1.82, 2.24) is 0 Å². The van der Waals surface area contributed by atoms with E-state index in [4.69, 9.17) is 0 Å². The van der Waals surface area contributed by atoms with Crippen molar-refractivity contribution >= 4 is 29.4 Å². The van der Waals surface area contributed by atoms with Crippen molar-refractivity contribution in [3.63, 3.8) is 0 Å². The molecule has 0 aromatic heterocycles. The Hall–Kier alpha value is -3.56. The van der Waals surface area contributed by atoms with Gasteiger partial charge in [-0.15, -0.1) is 11.8 Å². The molecule has 1 amide bonds. The predicted octanol–water partition coefficient (Wildman–Crippen LogP) is 7.37. The van der Waals surface area contributed by atoms with Gasteiger partial charge in [0.15, 0.2) is 0 Å². The number of thioether (sulfide) groups is 1. The first-order valence-corrected chi connectivity index (χ1v) is 11.6. The maximum Gasteiger partial charge on any atom is 0.258 e. The topological polar surface area (TPSA) is 20.3 Å². The predicted molar refractivity (Wildman–Crippen MR) is 134 cm³/mol. The lowest BCUT2D eigenvalue weighted by atomic mass is 10.00. The average Bonchev–Trinajstić information content (AvgIpc) is 2.95. The zero-order valence-corrected chi connectivity index (χ0v) is 18.5. The second-order valence-corrected chi connectivity index (χ2v) is 8.97. The number of anilines is 1. The Kier molecular flexibility index (Phi) is 5.66. The highest BCUT2D eigenvalue weighted by Crippen LogP contribution is 2.47. The van der Waals surface area contributed by atoms with Crippen LogP contribution in [0.2, 0.25) is 0 Å². The van der Waals surface area contributed by atoms with Crippen molar-refractivity contribution < 1.29 is 4.79 Å². The Morgan fingerprint density at radius 2 is 1.44 bits per heavy atom. The Morgan fingerprint density at radius 1 is 0.781 bits per heavy atom. The van der Waals surface area contributed by atoms with E-state index >= 15 is 0 Å². The third kappa shape index (κ3) is 3.88. The van der Waals surface area contributed by atoms with Gasteiger partial charge in [-0.1, -0.05) is 91.5 Å². The van der Waals surface area contributed by atoms with E-state index < -0.39 is 0 Å². The standard InChI is InChI=1S/C29H23NOS/c1-2-21-16-18-22(19-17-21)20-30-27-15-9-8-14-26(27)28(32-23-10-4-3-5-11-23)24-12-6-7-13-25(24)29(30)31/h2-19,28H,1,20H2. The maximum absolute atomic E-state index is 13.8. The molecule has 4 aromatic carbocycles. The summed E-state index contributed by atoms with van der Waals surface area (Å²) in [5.41, 5.74) is 6.10. The van der Waals surface area contributed by atoms with Gasteiger partial charge in [0.2, 0.25) is 0 Å². The highest BCUT2D eigenvalue weighted by molar-refractivity contribution is 7.99. The molecule has 0 fully saturated rings. The molecule has 1 aliphatic heterocycles. The molecule has 32 heavy (non-hydrogen) atoms. The van der Waals surface area contributed by atoms with Crippen molar-refractivity contribution in [3.8, 4) is 0 Å². The summed E-state index contributed by atoms with van der Waals surface area (Å²) in [6, 6.07) is 34.9. The van der Waals surface area contributed by atoms with Crippen LogP contribution in [0.1, 0.15) is 37.9 Å². The summed E-state index contributed by atoms with van der Waals surface area (Å²) in [5.74, 6) is 0.0389. The zero-order valence-electron chi connectivity index (χ0n) is 17.6. The molecule has 3 heteroatoms. The number of fused-ring (bicyclic) bond motifs is 2. The molecule has 1 heterocycles. The molecule has 0 bridgehead atoms. The Labute approximate surface area is 193 Å². The molecule has 0 aliphatic carbocycles. The van der Waals surface area contributed by atoms with Gasteiger partial charge < -0.3 is 4.90 Å². The number of benzene rings is 4.